The van der Waals surface area contributed by atoms with Crippen LogP contribution in [0.4, 0.5) is 28.8 Å². The molecule has 1 aliphatic heterocycles. The molecule has 0 aliphatic carbocycles. The Labute approximate surface area is 231 Å². The van der Waals surface area contributed by atoms with Crippen LogP contribution in [0.5, 0.6) is 0 Å². The van der Waals surface area contributed by atoms with Crippen LogP contribution in [0.2, 0.25) is 0 Å². The van der Waals surface area contributed by atoms with E-state index < -0.39 is 21.0 Å². The standard InChI is InChI=1S/C28H39N7O3S/c1-19-18-29-27(32-21-11-9-20(10-12-21)26(36)31-22-13-15-35(5)16-14-22)33-25(19)30-23-7-6-8-24(17-23)34-39(37,38)28(2,3)4/h6-12,17-18,22,26,31,34,36H,13-16H2,1-5H3,(H2,29,30,32,33). The number of nitrogens with zero attached hydrogens (tertiary/aromatic N) is 3. The van der Waals surface area contributed by atoms with Gasteiger partial charge in [-0.1, -0.05) is 18.2 Å². The monoisotopic (exact) mass is 553 g/mol. The molecule has 2 aromatic carbocycles. The molecule has 1 aliphatic rings. The van der Waals surface area contributed by atoms with Crippen molar-refractivity contribution in [2.45, 2.75) is 57.6 Å². The lowest BCUT2D eigenvalue weighted by Gasteiger charge is -2.31. The lowest BCUT2D eigenvalue weighted by atomic mass is 10.0. The van der Waals surface area contributed by atoms with Crippen molar-refractivity contribution in [3.8, 4) is 0 Å². The van der Waals surface area contributed by atoms with Gasteiger partial charge in [0.1, 0.15) is 12.0 Å². The van der Waals surface area contributed by atoms with Crippen LogP contribution in [-0.4, -0.2) is 59.3 Å². The highest BCUT2D eigenvalue weighted by molar-refractivity contribution is 7.94. The fourth-order valence-corrected chi connectivity index (χ4v) is 4.85. The van der Waals surface area contributed by atoms with E-state index in [1.807, 2.05) is 37.3 Å². The Kier molecular flexibility index (Phi) is 8.75. The number of aryl methyl sites for hydroxylation is 1. The third-order valence-corrected chi connectivity index (χ3v) is 8.87. The largest absolute Gasteiger partial charge is 0.374 e. The average Bonchev–Trinajstić information content (AvgIpc) is 2.87. The summed E-state index contributed by atoms with van der Waals surface area (Å²) in [5.74, 6) is 1.00. The molecule has 4 rings (SSSR count). The number of sulfonamides is 1. The summed E-state index contributed by atoms with van der Waals surface area (Å²) in [6, 6.07) is 14.9. The van der Waals surface area contributed by atoms with Crippen molar-refractivity contribution < 1.29 is 13.5 Å². The molecule has 1 unspecified atom stereocenters. The Hall–Kier alpha value is -3.25. The maximum atomic E-state index is 12.5. The number of benzene rings is 2. The first-order valence-electron chi connectivity index (χ1n) is 13.1. The maximum Gasteiger partial charge on any atom is 0.237 e. The number of rotatable bonds is 9. The van der Waals surface area contributed by atoms with Crippen LogP contribution >= 0.6 is 0 Å². The quantitative estimate of drug-likeness (QED) is 0.243. The predicted octanol–water partition coefficient (Wildman–Crippen LogP) is 4.49. The second-order valence-electron chi connectivity index (χ2n) is 11.0. The second-order valence-corrected chi connectivity index (χ2v) is 13.5. The Morgan fingerprint density at radius 1 is 1.00 bits per heavy atom. The molecule has 3 aromatic rings. The minimum atomic E-state index is -3.54. The minimum absolute atomic E-state index is 0.306. The summed E-state index contributed by atoms with van der Waals surface area (Å²) >= 11 is 0. The normalized spacial score (nSPS) is 16.1. The van der Waals surface area contributed by atoms with E-state index in [-0.39, 0.29) is 0 Å². The first kappa shape index (κ1) is 28.8. The highest BCUT2D eigenvalue weighted by atomic mass is 32.2. The van der Waals surface area contributed by atoms with Crippen LogP contribution < -0.4 is 20.7 Å². The van der Waals surface area contributed by atoms with Gasteiger partial charge in [-0.05, 0) is 96.6 Å². The molecule has 0 amide bonds. The Balaban J connectivity index is 1.40. The van der Waals surface area contributed by atoms with Crippen molar-refractivity contribution in [2.24, 2.45) is 0 Å². The SMILES string of the molecule is Cc1cnc(Nc2ccc(C(O)NC3CCN(C)CC3)cc2)nc1Nc1cccc(NS(=O)(=O)C(C)(C)C)c1. The van der Waals surface area contributed by atoms with Gasteiger partial charge in [0, 0.05) is 29.2 Å². The minimum Gasteiger partial charge on any atom is -0.374 e. The molecule has 11 heteroatoms. The molecule has 10 nitrogen and oxygen atoms in total. The van der Waals surface area contributed by atoms with E-state index in [0.29, 0.717) is 29.2 Å². The van der Waals surface area contributed by atoms with Crippen molar-refractivity contribution in [3.05, 3.63) is 65.9 Å². The molecular weight excluding hydrogens is 514 g/mol. The van der Waals surface area contributed by atoms with Crippen molar-refractivity contribution in [1.29, 1.82) is 0 Å². The molecule has 5 N–H and O–H groups in total. The van der Waals surface area contributed by atoms with Gasteiger partial charge in [-0.25, -0.2) is 13.4 Å². The molecule has 0 saturated carbocycles. The zero-order valence-electron chi connectivity index (χ0n) is 23.2. The number of likely N-dealkylation sites (tertiary alicyclic amines) is 1. The molecule has 0 spiro atoms. The zero-order chi connectivity index (χ0) is 28.2. The molecule has 1 saturated heterocycles. The molecule has 1 atom stereocenters. The highest BCUT2D eigenvalue weighted by Gasteiger charge is 2.29. The van der Waals surface area contributed by atoms with Crippen LogP contribution in [0.25, 0.3) is 0 Å². The maximum absolute atomic E-state index is 12.5. The summed E-state index contributed by atoms with van der Waals surface area (Å²) in [5.41, 5.74) is 3.58. The van der Waals surface area contributed by atoms with Crippen LogP contribution in [0.3, 0.4) is 0 Å². The van der Waals surface area contributed by atoms with Gasteiger partial charge < -0.3 is 20.6 Å². The van der Waals surface area contributed by atoms with Crippen molar-refractivity contribution in [3.63, 3.8) is 0 Å². The lowest BCUT2D eigenvalue weighted by molar-refractivity contribution is 0.104. The Bertz CT molecular complexity index is 1370. The summed E-state index contributed by atoms with van der Waals surface area (Å²) in [6.07, 6.45) is 3.03. The van der Waals surface area contributed by atoms with E-state index in [1.165, 1.54) is 0 Å². The van der Waals surface area contributed by atoms with Crippen molar-refractivity contribution >= 4 is 38.9 Å². The third kappa shape index (κ3) is 7.66. The van der Waals surface area contributed by atoms with E-state index in [4.69, 9.17) is 0 Å². The molecule has 1 aromatic heterocycles. The molecule has 0 radical (unpaired) electrons. The van der Waals surface area contributed by atoms with Gasteiger partial charge in [-0.2, -0.15) is 4.98 Å². The number of anilines is 5. The number of aliphatic hydroxyl groups excluding tert-OH is 1. The molecule has 210 valence electrons. The first-order valence-corrected chi connectivity index (χ1v) is 14.6. The van der Waals surface area contributed by atoms with Crippen LogP contribution in [0.1, 0.15) is 51.0 Å². The van der Waals surface area contributed by atoms with Gasteiger partial charge in [0.25, 0.3) is 0 Å². The van der Waals surface area contributed by atoms with Gasteiger partial charge in [-0.3, -0.25) is 10.0 Å². The van der Waals surface area contributed by atoms with Crippen LogP contribution in [0.15, 0.2) is 54.7 Å². The second kappa shape index (κ2) is 11.9. The molecule has 39 heavy (non-hydrogen) atoms. The van der Waals surface area contributed by atoms with Gasteiger partial charge >= 0.3 is 0 Å². The van der Waals surface area contributed by atoms with Gasteiger partial charge in [0.15, 0.2) is 0 Å². The number of aliphatic hydroxyl groups is 1. The van der Waals surface area contributed by atoms with Gasteiger partial charge in [0.2, 0.25) is 16.0 Å². The first-order chi connectivity index (χ1) is 18.4. The number of aromatic nitrogens is 2. The van der Waals surface area contributed by atoms with E-state index >= 15 is 0 Å². The predicted molar refractivity (Wildman–Crippen MR) is 157 cm³/mol. The van der Waals surface area contributed by atoms with Crippen LogP contribution in [-0.2, 0) is 10.0 Å². The number of piperidine rings is 1. The van der Waals surface area contributed by atoms with Gasteiger partial charge in [0.05, 0.1) is 10.4 Å². The highest BCUT2D eigenvalue weighted by Crippen LogP contribution is 2.26. The molecule has 1 fully saturated rings. The van der Waals surface area contributed by atoms with E-state index in [1.54, 1.807) is 45.2 Å². The average molecular weight is 554 g/mol. The number of nitrogens with one attached hydrogen (secondary N) is 4. The smallest absolute Gasteiger partial charge is 0.237 e. The summed E-state index contributed by atoms with van der Waals surface area (Å²) in [7, 11) is -1.42. The van der Waals surface area contributed by atoms with E-state index in [9.17, 15) is 13.5 Å². The van der Waals surface area contributed by atoms with Crippen molar-refractivity contribution in [1.82, 2.24) is 20.2 Å². The zero-order valence-corrected chi connectivity index (χ0v) is 24.0. The van der Waals surface area contributed by atoms with Crippen molar-refractivity contribution in [2.75, 3.05) is 35.5 Å². The third-order valence-electron chi connectivity index (χ3n) is 6.75. The fourth-order valence-electron chi connectivity index (χ4n) is 4.11. The van der Waals surface area contributed by atoms with E-state index in [0.717, 1.165) is 42.7 Å². The summed E-state index contributed by atoms with van der Waals surface area (Å²) in [4.78, 5) is 11.3. The molecule has 0 bridgehead atoms. The van der Waals surface area contributed by atoms with Crippen LogP contribution in [0, 0.1) is 6.92 Å². The fraction of sp³-hybridized carbons (Fsp3) is 0.429. The molecular formula is C28H39N7O3S. The molecule has 2 heterocycles. The number of hydrogen-bond acceptors (Lipinski definition) is 9. The topological polar surface area (TPSA) is 132 Å². The Morgan fingerprint density at radius 3 is 2.33 bits per heavy atom. The Morgan fingerprint density at radius 2 is 1.67 bits per heavy atom. The summed E-state index contributed by atoms with van der Waals surface area (Å²) in [6.45, 7) is 8.91. The summed E-state index contributed by atoms with van der Waals surface area (Å²) < 4.78 is 26.8. The van der Waals surface area contributed by atoms with Gasteiger partial charge in [-0.15, -0.1) is 0 Å². The number of hydrogen-bond donors (Lipinski definition) is 5. The summed E-state index contributed by atoms with van der Waals surface area (Å²) in [5, 5.41) is 20.4. The van der Waals surface area contributed by atoms with E-state index in [2.05, 4.69) is 42.6 Å². The lowest BCUT2D eigenvalue weighted by Crippen LogP contribution is -2.42.